The van der Waals surface area contributed by atoms with E-state index in [2.05, 4.69) is 17.0 Å². The molecule has 7 heteroatoms. The van der Waals surface area contributed by atoms with Crippen LogP contribution in [0.25, 0.3) is 11.2 Å². The molecule has 17 heavy (non-hydrogen) atoms. The van der Waals surface area contributed by atoms with Crippen LogP contribution in [0.4, 0.5) is 0 Å². The van der Waals surface area contributed by atoms with E-state index in [1.54, 1.807) is 9.25 Å². The Morgan fingerprint density at radius 2 is 2.29 bits per heavy atom. The second kappa shape index (κ2) is 4.33. The van der Waals surface area contributed by atoms with Crippen molar-refractivity contribution >= 4 is 29.3 Å². The molecule has 2 rings (SSSR count). The molecule has 2 aromatic heterocycles. The maximum atomic E-state index is 11.0. The lowest BCUT2D eigenvalue weighted by atomic mass is 10.2. The maximum Gasteiger partial charge on any atom is 0.237 e. The lowest BCUT2D eigenvalue weighted by Crippen LogP contribution is -2.19. The Morgan fingerprint density at radius 3 is 2.88 bits per heavy atom. The number of nitrogens with one attached hydrogen (secondary N) is 1. The summed E-state index contributed by atoms with van der Waals surface area (Å²) < 4.78 is 3.92. The van der Waals surface area contributed by atoms with Crippen molar-refractivity contribution in [2.75, 3.05) is 0 Å². The molecule has 0 fully saturated rings. The van der Waals surface area contributed by atoms with Crippen LogP contribution in [0.2, 0.25) is 0 Å². The van der Waals surface area contributed by atoms with Gasteiger partial charge in [0.25, 0.3) is 0 Å². The zero-order valence-corrected chi connectivity index (χ0v) is 10.7. The first-order valence-corrected chi connectivity index (χ1v) is 5.88. The molecule has 6 nitrogen and oxygen atoms in total. The van der Waals surface area contributed by atoms with Crippen LogP contribution < -0.4 is 5.73 Å². The van der Waals surface area contributed by atoms with Crippen LogP contribution >= 0.6 is 12.2 Å². The van der Waals surface area contributed by atoms with Gasteiger partial charge in [-0.05, 0) is 18.6 Å². The number of imidazole rings is 1. The topological polar surface area (TPSA) is 81.6 Å². The number of aromatic amines is 1. The highest BCUT2D eigenvalue weighted by molar-refractivity contribution is 7.71. The lowest BCUT2D eigenvalue weighted by molar-refractivity contribution is -0.118. The van der Waals surface area contributed by atoms with Crippen LogP contribution in [-0.4, -0.2) is 25.2 Å². The Kier molecular flexibility index (Phi) is 3.01. The number of nitrogens with zero attached hydrogens (tertiary/aromatic N) is 3. The van der Waals surface area contributed by atoms with Crippen LogP contribution in [0.5, 0.6) is 0 Å². The molecule has 0 unspecified atom stereocenters. The zero-order chi connectivity index (χ0) is 12.6. The predicted molar refractivity (Wildman–Crippen MR) is 67.1 cm³/mol. The van der Waals surface area contributed by atoms with Crippen molar-refractivity contribution in [3.05, 3.63) is 10.5 Å². The van der Waals surface area contributed by atoms with Crippen molar-refractivity contribution in [3.8, 4) is 0 Å². The molecule has 0 atom stereocenters. The maximum absolute atomic E-state index is 11.0. The molecule has 1 amide bonds. The standard InChI is InChI=1S/C10H15N5OS/c1-3-4-6-8-9(14(2)13-6)15(5-7(11)16)10(17)12-8/h3-5H2,1-2H3,(H2,11,16)(H,12,17). The number of carbonyl (C=O) groups is 1. The molecule has 0 aliphatic carbocycles. The minimum Gasteiger partial charge on any atom is -0.368 e. The quantitative estimate of drug-likeness (QED) is 0.793. The summed E-state index contributed by atoms with van der Waals surface area (Å²) in [6, 6.07) is 0. The lowest BCUT2D eigenvalue weighted by Gasteiger charge is -2.00. The molecule has 2 aromatic rings. The third-order valence-corrected chi connectivity index (χ3v) is 2.95. The van der Waals surface area contributed by atoms with Crippen molar-refractivity contribution < 1.29 is 4.79 Å². The van der Waals surface area contributed by atoms with Crippen molar-refractivity contribution in [1.29, 1.82) is 0 Å². The van der Waals surface area contributed by atoms with Gasteiger partial charge in [0, 0.05) is 7.05 Å². The number of aromatic nitrogens is 4. The van der Waals surface area contributed by atoms with Gasteiger partial charge in [0.2, 0.25) is 5.91 Å². The second-order valence-corrected chi connectivity index (χ2v) is 4.39. The van der Waals surface area contributed by atoms with Gasteiger partial charge in [-0.25, -0.2) is 0 Å². The summed E-state index contributed by atoms with van der Waals surface area (Å²) in [6.45, 7) is 2.17. The monoisotopic (exact) mass is 253 g/mol. The van der Waals surface area contributed by atoms with E-state index in [4.69, 9.17) is 18.0 Å². The number of hydrogen-bond donors (Lipinski definition) is 2. The van der Waals surface area contributed by atoms with Gasteiger partial charge in [-0.15, -0.1) is 0 Å². The largest absolute Gasteiger partial charge is 0.368 e. The molecule has 0 radical (unpaired) electrons. The number of fused-ring (bicyclic) bond motifs is 1. The van der Waals surface area contributed by atoms with Crippen molar-refractivity contribution in [2.24, 2.45) is 12.8 Å². The summed E-state index contributed by atoms with van der Waals surface area (Å²) in [6.07, 6.45) is 1.89. The summed E-state index contributed by atoms with van der Waals surface area (Å²) >= 11 is 5.19. The smallest absolute Gasteiger partial charge is 0.237 e. The van der Waals surface area contributed by atoms with Crippen molar-refractivity contribution in [2.45, 2.75) is 26.3 Å². The number of hydrogen-bond acceptors (Lipinski definition) is 3. The second-order valence-electron chi connectivity index (χ2n) is 4.00. The normalized spacial score (nSPS) is 11.2. The summed E-state index contributed by atoms with van der Waals surface area (Å²) in [4.78, 5) is 14.1. The molecule has 0 aromatic carbocycles. The molecular formula is C10H15N5OS. The average molecular weight is 253 g/mol. The molecule has 0 bridgehead atoms. The molecular weight excluding hydrogens is 238 g/mol. The number of nitrogens with two attached hydrogens (primary N) is 1. The number of rotatable bonds is 4. The Hall–Kier alpha value is -1.63. The molecule has 0 aliphatic heterocycles. The fraction of sp³-hybridized carbons (Fsp3) is 0.500. The van der Waals surface area contributed by atoms with E-state index in [1.807, 2.05) is 7.05 Å². The number of carbonyl (C=O) groups excluding carboxylic acids is 1. The highest BCUT2D eigenvalue weighted by Gasteiger charge is 2.15. The van der Waals surface area contributed by atoms with E-state index >= 15 is 0 Å². The Morgan fingerprint density at radius 1 is 1.59 bits per heavy atom. The molecule has 92 valence electrons. The van der Waals surface area contributed by atoms with E-state index < -0.39 is 5.91 Å². The van der Waals surface area contributed by atoms with E-state index in [9.17, 15) is 4.79 Å². The van der Waals surface area contributed by atoms with Crippen molar-refractivity contribution in [3.63, 3.8) is 0 Å². The first-order valence-electron chi connectivity index (χ1n) is 5.47. The minimum absolute atomic E-state index is 0.0733. The Labute approximate surface area is 103 Å². The Balaban J connectivity index is 2.65. The third kappa shape index (κ3) is 1.97. The zero-order valence-electron chi connectivity index (χ0n) is 9.86. The highest BCUT2D eigenvalue weighted by Crippen LogP contribution is 2.18. The van der Waals surface area contributed by atoms with E-state index in [-0.39, 0.29) is 6.54 Å². The molecule has 2 heterocycles. The van der Waals surface area contributed by atoms with Crippen LogP contribution in [0.3, 0.4) is 0 Å². The number of amides is 1. The van der Waals surface area contributed by atoms with E-state index in [0.717, 1.165) is 29.7 Å². The summed E-state index contributed by atoms with van der Waals surface area (Å²) in [7, 11) is 1.83. The van der Waals surface area contributed by atoms with Gasteiger partial charge >= 0.3 is 0 Å². The van der Waals surface area contributed by atoms with Gasteiger partial charge in [0.1, 0.15) is 12.1 Å². The number of aryl methyl sites for hydroxylation is 2. The summed E-state index contributed by atoms with van der Waals surface area (Å²) in [5.41, 5.74) is 7.90. The van der Waals surface area contributed by atoms with Gasteiger partial charge in [-0.2, -0.15) is 5.10 Å². The predicted octanol–water partition coefficient (Wildman–Crippen LogP) is 0.870. The number of H-pyrrole nitrogens is 1. The number of primary amides is 1. The van der Waals surface area contributed by atoms with Crippen LogP contribution in [-0.2, 0) is 24.8 Å². The van der Waals surface area contributed by atoms with Crippen LogP contribution in [0, 0.1) is 4.77 Å². The fourth-order valence-corrected chi connectivity index (χ4v) is 2.24. The van der Waals surface area contributed by atoms with Gasteiger partial charge in [-0.1, -0.05) is 13.3 Å². The SMILES string of the molecule is CCCc1nn(C)c2c1[nH]c(=S)n2CC(N)=O. The average Bonchev–Trinajstić information content (AvgIpc) is 2.69. The van der Waals surface area contributed by atoms with Gasteiger partial charge in [0.15, 0.2) is 10.4 Å². The molecule has 0 saturated carbocycles. The Bertz CT molecular complexity index is 620. The first kappa shape index (κ1) is 11.8. The minimum atomic E-state index is -0.416. The molecule has 3 N–H and O–H groups in total. The molecule has 0 saturated heterocycles. The molecule has 0 spiro atoms. The van der Waals surface area contributed by atoms with Crippen LogP contribution in [0.15, 0.2) is 0 Å². The van der Waals surface area contributed by atoms with Crippen LogP contribution in [0.1, 0.15) is 19.0 Å². The highest BCUT2D eigenvalue weighted by atomic mass is 32.1. The van der Waals surface area contributed by atoms with E-state index in [1.165, 1.54) is 0 Å². The van der Waals surface area contributed by atoms with Gasteiger partial charge in [0.05, 0.1) is 5.69 Å². The fourth-order valence-electron chi connectivity index (χ4n) is 1.99. The van der Waals surface area contributed by atoms with Gasteiger partial charge in [-0.3, -0.25) is 14.0 Å². The summed E-state index contributed by atoms with van der Waals surface area (Å²) in [5, 5.41) is 4.41. The summed E-state index contributed by atoms with van der Waals surface area (Å²) in [5.74, 6) is -0.416. The third-order valence-electron chi connectivity index (χ3n) is 2.62. The molecule has 0 aliphatic rings. The van der Waals surface area contributed by atoms with E-state index in [0.29, 0.717) is 4.77 Å². The van der Waals surface area contributed by atoms with Gasteiger partial charge < -0.3 is 10.7 Å². The first-order chi connectivity index (χ1) is 8.04. The van der Waals surface area contributed by atoms with Crippen molar-refractivity contribution in [1.82, 2.24) is 19.3 Å².